The van der Waals surface area contributed by atoms with E-state index in [2.05, 4.69) is 36.7 Å². The van der Waals surface area contributed by atoms with E-state index >= 15 is 0 Å². The van der Waals surface area contributed by atoms with Gasteiger partial charge in [0.15, 0.2) is 0 Å². The molecule has 0 aliphatic carbocycles. The molecular weight excluding hydrogens is 146 g/mol. The largest absolute Gasteiger partial charge is 0.352 e. The van der Waals surface area contributed by atoms with E-state index < -0.39 is 0 Å². The molecule has 0 amide bonds. The van der Waals surface area contributed by atoms with Crippen molar-refractivity contribution < 1.29 is 0 Å². The van der Waals surface area contributed by atoms with Crippen molar-refractivity contribution in [2.24, 2.45) is 0 Å². The van der Waals surface area contributed by atoms with Crippen LogP contribution in [0.5, 0.6) is 0 Å². The van der Waals surface area contributed by atoms with E-state index in [1.807, 2.05) is 0 Å². The number of aromatic nitrogens is 1. The summed E-state index contributed by atoms with van der Waals surface area (Å²) in [5.41, 5.74) is 1.49. The molecule has 1 heteroatoms. The molecule has 0 aliphatic heterocycles. The molecule has 0 N–H and O–H groups in total. The summed E-state index contributed by atoms with van der Waals surface area (Å²) in [4.78, 5) is 0. The molecule has 1 rings (SSSR count). The Morgan fingerprint density at radius 2 is 2.08 bits per heavy atom. The fourth-order valence-electron chi connectivity index (χ4n) is 1.54. The lowest BCUT2D eigenvalue weighted by atomic mass is 10.1. The van der Waals surface area contributed by atoms with E-state index in [1.165, 1.54) is 31.4 Å². The first kappa shape index (κ1) is 9.37. The van der Waals surface area contributed by atoms with Crippen LogP contribution in [-0.2, 0) is 13.0 Å². The highest BCUT2D eigenvalue weighted by atomic mass is 14.9. The molecular formula is C11H19N. The Morgan fingerprint density at radius 3 is 2.75 bits per heavy atom. The highest BCUT2D eigenvalue weighted by Crippen LogP contribution is 2.07. The number of hydrogen-bond donors (Lipinski definition) is 0. The Balaban J connectivity index is 2.39. The molecule has 1 aromatic heterocycles. The Morgan fingerprint density at radius 1 is 1.25 bits per heavy atom. The third-order valence-corrected chi connectivity index (χ3v) is 2.30. The van der Waals surface area contributed by atoms with Gasteiger partial charge in [0.05, 0.1) is 0 Å². The predicted octanol–water partition coefficient (Wildman–Crippen LogP) is 3.24. The number of unbranched alkanes of at least 4 members (excludes halogenated alkanes) is 2. The van der Waals surface area contributed by atoms with Crippen molar-refractivity contribution in [1.82, 2.24) is 4.57 Å². The monoisotopic (exact) mass is 165 g/mol. The van der Waals surface area contributed by atoms with Gasteiger partial charge in [-0.1, -0.05) is 19.8 Å². The summed E-state index contributed by atoms with van der Waals surface area (Å²) in [5, 5.41) is 0. The molecule has 0 fully saturated rings. The van der Waals surface area contributed by atoms with Crippen LogP contribution < -0.4 is 0 Å². The summed E-state index contributed by atoms with van der Waals surface area (Å²) >= 11 is 0. The summed E-state index contributed by atoms with van der Waals surface area (Å²) in [6.45, 7) is 5.55. The fourth-order valence-corrected chi connectivity index (χ4v) is 1.54. The van der Waals surface area contributed by atoms with Gasteiger partial charge in [0, 0.05) is 18.4 Å². The van der Waals surface area contributed by atoms with Gasteiger partial charge in [-0.2, -0.15) is 0 Å². The van der Waals surface area contributed by atoms with Gasteiger partial charge in [0.1, 0.15) is 0 Å². The van der Waals surface area contributed by atoms with Crippen LogP contribution >= 0.6 is 0 Å². The summed E-state index contributed by atoms with van der Waals surface area (Å²) in [7, 11) is 0. The number of aryl methyl sites for hydroxylation is 2. The van der Waals surface area contributed by atoms with E-state index in [9.17, 15) is 0 Å². The lowest BCUT2D eigenvalue weighted by Gasteiger charge is -2.04. The molecule has 0 unspecified atom stereocenters. The maximum Gasteiger partial charge on any atom is 0.0193 e. The number of hydrogen-bond acceptors (Lipinski definition) is 0. The normalized spacial score (nSPS) is 10.5. The van der Waals surface area contributed by atoms with E-state index in [-0.39, 0.29) is 0 Å². The third-order valence-electron chi connectivity index (χ3n) is 2.30. The van der Waals surface area contributed by atoms with E-state index in [4.69, 9.17) is 0 Å². The zero-order valence-corrected chi connectivity index (χ0v) is 8.21. The van der Waals surface area contributed by atoms with E-state index in [0.717, 1.165) is 6.54 Å². The minimum absolute atomic E-state index is 1.11. The Bertz CT molecular complexity index is 213. The molecule has 0 atom stereocenters. The quantitative estimate of drug-likeness (QED) is 0.590. The SMILES string of the molecule is CCCCCc1cccn1CC. The Labute approximate surface area is 75.4 Å². The first-order chi connectivity index (χ1) is 5.88. The van der Waals surface area contributed by atoms with Crippen molar-refractivity contribution in [3.63, 3.8) is 0 Å². The zero-order chi connectivity index (χ0) is 8.81. The van der Waals surface area contributed by atoms with Crippen LogP contribution in [-0.4, -0.2) is 4.57 Å². The molecule has 12 heavy (non-hydrogen) atoms. The minimum Gasteiger partial charge on any atom is -0.352 e. The van der Waals surface area contributed by atoms with Gasteiger partial charge in [-0.3, -0.25) is 0 Å². The molecule has 0 saturated heterocycles. The average Bonchev–Trinajstić information content (AvgIpc) is 2.52. The number of rotatable bonds is 5. The molecule has 0 saturated carbocycles. The van der Waals surface area contributed by atoms with Crippen LogP contribution in [0.1, 0.15) is 38.8 Å². The zero-order valence-electron chi connectivity index (χ0n) is 8.21. The highest BCUT2D eigenvalue weighted by Gasteiger charge is 1.97. The summed E-state index contributed by atoms with van der Waals surface area (Å²) in [6.07, 6.45) is 7.41. The van der Waals surface area contributed by atoms with Gasteiger partial charge in [-0.15, -0.1) is 0 Å². The second-order valence-electron chi connectivity index (χ2n) is 3.24. The van der Waals surface area contributed by atoms with Crippen molar-refractivity contribution in [2.45, 2.75) is 46.1 Å². The highest BCUT2D eigenvalue weighted by molar-refractivity contribution is 5.06. The van der Waals surface area contributed by atoms with Gasteiger partial charge in [0.25, 0.3) is 0 Å². The smallest absolute Gasteiger partial charge is 0.0193 e. The van der Waals surface area contributed by atoms with Gasteiger partial charge >= 0.3 is 0 Å². The van der Waals surface area contributed by atoms with Crippen molar-refractivity contribution in [1.29, 1.82) is 0 Å². The summed E-state index contributed by atoms with van der Waals surface area (Å²) in [6, 6.07) is 4.38. The minimum atomic E-state index is 1.11. The van der Waals surface area contributed by atoms with Crippen LogP contribution in [0.4, 0.5) is 0 Å². The second kappa shape index (κ2) is 5.02. The molecule has 1 aromatic rings. The molecule has 0 bridgehead atoms. The summed E-state index contributed by atoms with van der Waals surface area (Å²) in [5.74, 6) is 0. The molecule has 1 nitrogen and oxygen atoms in total. The molecule has 68 valence electrons. The van der Waals surface area contributed by atoms with E-state index in [1.54, 1.807) is 0 Å². The van der Waals surface area contributed by atoms with Crippen LogP contribution in [0.15, 0.2) is 18.3 Å². The van der Waals surface area contributed by atoms with Crippen molar-refractivity contribution >= 4 is 0 Å². The fraction of sp³-hybridized carbons (Fsp3) is 0.636. The van der Waals surface area contributed by atoms with Gasteiger partial charge in [0.2, 0.25) is 0 Å². The Hall–Kier alpha value is -0.720. The average molecular weight is 165 g/mol. The lowest BCUT2D eigenvalue weighted by Crippen LogP contribution is -1.98. The Kier molecular flexibility index (Phi) is 3.92. The molecule has 1 heterocycles. The van der Waals surface area contributed by atoms with Crippen LogP contribution in [0.25, 0.3) is 0 Å². The topological polar surface area (TPSA) is 4.93 Å². The maximum absolute atomic E-state index is 2.33. The van der Waals surface area contributed by atoms with Gasteiger partial charge in [-0.05, 0) is 31.9 Å². The standard InChI is InChI=1S/C11H19N/c1-3-5-6-8-11-9-7-10-12(11)4-2/h7,9-10H,3-6,8H2,1-2H3. The predicted molar refractivity (Wildman–Crippen MR) is 53.3 cm³/mol. The maximum atomic E-state index is 2.33. The second-order valence-corrected chi connectivity index (χ2v) is 3.24. The molecule has 0 radical (unpaired) electrons. The molecule has 0 aromatic carbocycles. The van der Waals surface area contributed by atoms with Crippen molar-refractivity contribution in [3.05, 3.63) is 24.0 Å². The van der Waals surface area contributed by atoms with Crippen molar-refractivity contribution in [2.75, 3.05) is 0 Å². The van der Waals surface area contributed by atoms with Crippen molar-refractivity contribution in [3.8, 4) is 0 Å². The lowest BCUT2D eigenvalue weighted by molar-refractivity contribution is 0.656. The molecule has 0 spiro atoms. The van der Waals surface area contributed by atoms with Gasteiger partial charge < -0.3 is 4.57 Å². The van der Waals surface area contributed by atoms with E-state index in [0.29, 0.717) is 0 Å². The summed E-state index contributed by atoms with van der Waals surface area (Å²) < 4.78 is 2.33. The first-order valence-corrected chi connectivity index (χ1v) is 5.02. The van der Waals surface area contributed by atoms with Crippen LogP contribution in [0, 0.1) is 0 Å². The van der Waals surface area contributed by atoms with Gasteiger partial charge in [-0.25, -0.2) is 0 Å². The first-order valence-electron chi connectivity index (χ1n) is 5.02. The van der Waals surface area contributed by atoms with Crippen LogP contribution in [0.3, 0.4) is 0 Å². The molecule has 0 aliphatic rings. The van der Waals surface area contributed by atoms with Crippen LogP contribution in [0.2, 0.25) is 0 Å². The number of nitrogens with zero attached hydrogens (tertiary/aromatic N) is 1. The third kappa shape index (κ3) is 2.40.